The Labute approximate surface area is 171 Å². The van der Waals surface area contributed by atoms with E-state index in [9.17, 15) is 18.0 Å². The van der Waals surface area contributed by atoms with Crippen LogP contribution in [0.1, 0.15) is 16.7 Å². The molecule has 2 aromatic carbocycles. The second kappa shape index (κ2) is 8.79. The molecule has 0 aliphatic heterocycles. The number of thiocarbonyl (C=S) groups is 1. The number of amides is 1. The molecule has 2 rings (SSSR count). The summed E-state index contributed by atoms with van der Waals surface area (Å²) in [6, 6.07) is 9.06. The highest BCUT2D eigenvalue weighted by Gasteiger charge is 2.33. The Kier molecular flexibility index (Phi) is 6.90. The fraction of sp³-hybridized carbons (Fsp3) is 0.263. The molecule has 0 aliphatic rings. The average Bonchev–Trinajstić information content (AvgIpc) is 2.58. The van der Waals surface area contributed by atoms with Gasteiger partial charge in [0.1, 0.15) is 0 Å². The summed E-state index contributed by atoms with van der Waals surface area (Å²) in [5.41, 5.74) is 1.87. The van der Waals surface area contributed by atoms with E-state index in [2.05, 4.69) is 10.6 Å². The van der Waals surface area contributed by atoms with Gasteiger partial charge >= 0.3 is 6.18 Å². The number of halogens is 4. The number of anilines is 2. The summed E-state index contributed by atoms with van der Waals surface area (Å²) in [4.78, 5) is 13.7. The molecule has 0 saturated carbocycles. The van der Waals surface area contributed by atoms with Gasteiger partial charge in [-0.3, -0.25) is 4.79 Å². The lowest BCUT2D eigenvalue weighted by Gasteiger charge is -2.21. The van der Waals surface area contributed by atoms with Crippen LogP contribution in [-0.4, -0.2) is 29.5 Å². The predicted molar refractivity (Wildman–Crippen MR) is 110 cm³/mol. The first-order valence-electron chi connectivity index (χ1n) is 8.23. The molecular formula is C19H19ClF3N3OS. The molecule has 0 aliphatic carbocycles. The van der Waals surface area contributed by atoms with Gasteiger partial charge in [-0.1, -0.05) is 23.7 Å². The number of alkyl halides is 3. The summed E-state index contributed by atoms with van der Waals surface area (Å²) in [7, 11) is 1.61. The summed E-state index contributed by atoms with van der Waals surface area (Å²) in [5, 5.41) is 5.38. The molecule has 0 radical (unpaired) electrons. The van der Waals surface area contributed by atoms with Gasteiger partial charge in [-0.15, -0.1) is 0 Å². The van der Waals surface area contributed by atoms with E-state index in [1.54, 1.807) is 7.05 Å². The van der Waals surface area contributed by atoms with Crippen LogP contribution in [-0.2, 0) is 11.0 Å². The molecule has 0 spiro atoms. The molecule has 0 heterocycles. The van der Waals surface area contributed by atoms with Crippen molar-refractivity contribution in [3.8, 4) is 0 Å². The van der Waals surface area contributed by atoms with Gasteiger partial charge in [-0.25, -0.2) is 0 Å². The molecule has 2 N–H and O–H groups in total. The molecule has 0 saturated heterocycles. The standard InChI is InChI=1S/C19H19ClF3N3OS/c1-11-4-5-12(2)16(8-11)25-18(28)26(3)10-17(27)24-13-6-7-15(20)14(9-13)19(21,22)23/h4-9H,10H2,1-3H3,(H,24,27)(H,25,28). The van der Waals surface area contributed by atoms with Gasteiger partial charge in [0.25, 0.3) is 0 Å². The number of benzene rings is 2. The van der Waals surface area contributed by atoms with Crippen LogP contribution in [0.15, 0.2) is 36.4 Å². The fourth-order valence-corrected chi connectivity index (χ4v) is 2.79. The monoisotopic (exact) mass is 429 g/mol. The van der Waals surface area contributed by atoms with Gasteiger partial charge in [0.15, 0.2) is 5.11 Å². The van der Waals surface area contributed by atoms with Crippen molar-refractivity contribution >= 4 is 46.2 Å². The highest BCUT2D eigenvalue weighted by molar-refractivity contribution is 7.80. The molecule has 2 aromatic rings. The van der Waals surface area contributed by atoms with Crippen molar-refractivity contribution < 1.29 is 18.0 Å². The minimum Gasteiger partial charge on any atom is -0.343 e. The van der Waals surface area contributed by atoms with Crippen LogP contribution >= 0.6 is 23.8 Å². The zero-order valence-corrected chi connectivity index (χ0v) is 17.0. The first kappa shape index (κ1) is 22.0. The quantitative estimate of drug-likeness (QED) is 0.652. The second-order valence-electron chi connectivity index (χ2n) is 6.35. The molecular weight excluding hydrogens is 411 g/mol. The summed E-state index contributed by atoms with van der Waals surface area (Å²) in [6.07, 6.45) is -4.61. The smallest absolute Gasteiger partial charge is 0.343 e. The molecule has 0 fully saturated rings. The Morgan fingerprint density at radius 1 is 1.14 bits per heavy atom. The maximum absolute atomic E-state index is 12.9. The van der Waals surface area contributed by atoms with Gasteiger partial charge < -0.3 is 15.5 Å². The normalized spacial score (nSPS) is 11.1. The van der Waals surface area contributed by atoms with Crippen molar-refractivity contribution in [2.75, 3.05) is 24.2 Å². The number of nitrogens with zero attached hydrogens (tertiary/aromatic N) is 1. The maximum atomic E-state index is 12.9. The van der Waals surface area contributed by atoms with Gasteiger partial charge in [-0.2, -0.15) is 13.2 Å². The van der Waals surface area contributed by atoms with Crippen molar-refractivity contribution in [3.05, 3.63) is 58.1 Å². The third-order valence-corrected chi connectivity index (χ3v) is 4.66. The molecule has 4 nitrogen and oxygen atoms in total. The minimum absolute atomic E-state index is 0.00327. The van der Waals surface area contributed by atoms with Crippen LogP contribution in [0.4, 0.5) is 24.5 Å². The molecule has 0 aromatic heterocycles. The summed E-state index contributed by atoms with van der Waals surface area (Å²) >= 11 is 10.9. The number of aryl methyl sites for hydroxylation is 2. The third-order valence-electron chi connectivity index (χ3n) is 3.92. The molecule has 0 bridgehead atoms. The van der Waals surface area contributed by atoms with Crippen LogP contribution in [0.3, 0.4) is 0 Å². The van der Waals surface area contributed by atoms with E-state index in [1.165, 1.54) is 11.0 Å². The fourth-order valence-electron chi connectivity index (χ4n) is 2.39. The minimum atomic E-state index is -4.61. The number of likely N-dealkylation sites (N-methyl/N-ethyl adjacent to an activating group) is 1. The van der Waals surface area contributed by atoms with Crippen LogP contribution < -0.4 is 10.6 Å². The van der Waals surface area contributed by atoms with Crippen LogP contribution in [0.5, 0.6) is 0 Å². The molecule has 0 atom stereocenters. The lowest BCUT2D eigenvalue weighted by Crippen LogP contribution is -2.37. The lowest BCUT2D eigenvalue weighted by atomic mass is 10.1. The van der Waals surface area contributed by atoms with Crippen molar-refractivity contribution in [1.82, 2.24) is 4.90 Å². The highest BCUT2D eigenvalue weighted by Crippen LogP contribution is 2.36. The summed E-state index contributed by atoms with van der Waals surface area (Å²) in [5.74, 6) is -0.511. The van der Waals surface area contributed by atoms with E-state index in [1.807, 2.05) is 32.0 Å². The number of rotatable bonds is 4. The van der Waals surface area contributed by atoms with Crippen molar-refractivity contribution in [3.63, 3.8) is 0 Å². The van der Waals surface area contributed by atoms with Crippen LogP contribution in [0.2, 0.25) is 5.02 Å². The number of nitrogens with one attached hydrogen (secondary N) is 2. The first-order chi connectivity index (χ1) is 13.0. The van der Waals surface area contributed by atoms with Crippen molar-refractivity contribution in [2.24, 2.45) is 0 Å². The van der Waals surface area contributed by atoms with E-state index in [4.69, 9.17) is 23.8 Å². The Morgan fingerprint density at radius 2 is 1.82 bits per heavy atom. The van der Waals surface area contributed by atoms with Gasteiger partial charge in [0.2, 0.25) is 5.91 Å². The Bertz CT molecular complexity index is 902. The Hall–Kier alpha value is -2.32. The number of carbonyl (C=O) groups excluding carboxylic acids is 1. The van der Waals surface area contributed by atoms with E-state index in [0.717, 1.165) is 28.9 Å². The zero-order valence-electron chi connectivity index (χ0n) is 15.4. The summed E-state index contributed by atoms with van der Waals surface area (Å²) < 4.78 is 38.8. The first-order valence-corrected chi connectivity index (χ1v) is 9.02. The molecule has 9 heteroatoms. The van der Waals surface area contributed by atoms with Gasteiger partial charge in [0, 0.05) is 18.4 Å². The molecule has 1 amide bonds. The number of hydrogen-bond acceptors (Lipinski definition) is 2. The van der Waals surface area contributed by atoms with Crippen LogP contribution in [0, 0.1) is 13.8 Å². The predicted octanol–water partition coefficient (Wildman–Crippen LogP) is 5.24. The maximum Gasteiger partial charge on any atom is 0.417 e. The Balaban J connectivity index is 2.01. The third kappa shape index (κ3) is 5.84. The van der Waals surface area contributed by atoms with Gasteiger partial charge in [-0.05, 0) is 61.5 Å². The lowest BCUT2D eigenvalue weighted by molar-refractivity contribution is -0.137. The Morgan fingerprint density at radius 3 is 2.46 bits per heavy atom. The molecule has 150 valence electrons. The second-order valence-corrected chi connectivity index (χ2v) is 7.14. The SMILES string of the molecule is Cc1ccc(C)c(NC(=S)N(C)CC(=O)Nc2ccc(Cl)c(C(F)(F)F)c2)c1. The topological polar surface area (TPSA) is 44.4 Å². The van der Waals surface area contributed by atoms with Crippen LogP contribution in [0.25, 0.3) is 0 Å². The largest absolute Gasteiger partial charge is 0.417 e. The number of carbonyl (C=O) groups is 1. The van der Waals surface area contributed by atoms with E-state index < -0.39 is 22.7 Å². The average molecular weight is 430 g/mol. The zero-order chi connectivity index (χ0) is 21.1. The molecule has 0 unspecified atom stereocenters. The van der Waals surface area contributed by atoms with E-state index >= 15 is 0 Å². The number of hydrogen-bond donors (Lipinski definition) is 2. The van der Waals surface area contributed by atoms with Crippen molar-refractivity contribution in [1.29, 1.82) is 0 Å². The summed E-state index contributed by atoms with van der Waals surface area (Å²) in [6.45, 7) is 3.74. The van der Waals surface area contributed by atoms with E-state index in [-0.39, 0.29) is 12.2 Å². The highest BCUT2D eigenvalue weighted by atomic mass is 35.5. The van der Waals surface area contributed by atoms with Crippen molar-refractivity contribution in [2.45, 2.75) is 20.0 Å². The van der Waals surface area contributed by atoms with Gasteiger partial charge in [0.05, 0.1) is 17.1 Å². The molecule has 28 heavy (non-hydrogen) atoms. The van der Waals surface area contributed by atoms with E-state index in [0.29, 0.717) is 5.11 Å².